The van der Waals surface area contributed by atoms with Gasteiger partial charge in [0, 0.05) is 17.8 Å². The highest BCUT2D eigenvalue weighted by Crippen LogP contribution is 2.37. The van der Waals surface area contributed by atoms with E-state index in [9.17, 15) is 5.11 Å². The van der Waals surface area contributed by atoms with Crippen molar-refractivity contribution in [3.8, 4) is 11.5 Å². The molecule has 1 aromatic rings. The van der Waals surface area contributed by atoms with E-state index >= 15 is 0 Å². The van der Waals surface area contributed by atoms with Gasteiger partial charge in [-0.2, -0.15) is 0 Å². The molecule has 0 atom stereocenters. The topological polar surface area (TPSA) is 41.5 Å². The van der Waals surface area contributed by atoms with Gasteiger partial charge in [0.25, 0.3) is 0 Å². The van der Waals surface area contributed by atoms with Crippen molar-refractivity contribution in [2.24, 2.45) is 0 Å². The molecular formula is C10H13NO2. The maximum Gasteiger partial charge on any atom is 0.165 e. The van der Waals surface area contributed by atoms with Gasteiger partial charge in [0.05, 0.1) is 7.11 Å². The molecule has 1 heterocycles. The predicted octanol–water partition coefficient (Wildman–Crippen LogP) is 1.76. The highest BCUT2D eigenvalue weighted by Gasteiger charge is 2.16. The fourth-order valence-corrected chi connectivity index (χ4v) is 1.75. The summed E-state index contributed by atoms with van der Waals surface area (Å²) in [4.78, 5) is 0. The van der Waals surface area contributed by atoms with Crippen molar-refractivity contribution in [2.75, 3.05) is 19.0 Å². The molecule has 70 valence electrons. The summed E-state index contributed by atoms with van der Waals surface area (Å²) in [5.41, 5.74) is 2.18. The van der Waals surface area contributed by atoms with Crippen LogP contribution in [0.3, 0.4) is 0 Å². The number of hydrogen-bond donors (Lipinski definition) is 2. The third kappa shape index (κ3) is 1.30. The molecule has 1 aliphatic heterocycles. The summed E-state index contributed by atoms with van der Waals surface area (Å²) in [6.45, 7) is 1.00. The Morgan fingerprint density at radius 3 is 3.08 bits per heavy atom. The molecule has 0 aromatic heterocycles. The zero-order chi connectivity index (χ0) is 9.26. The summed E-state index contributed by atoms with van der Waals surface area (Å²) >= 11 is 0. The molecule has 0 saturated heterocycles. The summed E-state index contributed by atoms with van der Waals surface area (Å²) in [5, 5.41) is 12.8. The first kappa shape index (κ1) is 8.23. The summed E-state index contributed by atoms with van der Waals surface area (Å²) in [6.07, 6.45) is 2.06. The number of ether oxygens (including phenoxy) is 1. The van der Waals surface area contributed by atoms with Crippen LogP contribution in [0, 0.1) is 0 Å². The summed E-state index contributed by atoms with van der Waals surface area (Å²) in [7, 11) is 1.59. The minimum absolute atomic E-state index is 0.227. The van der Waals surface area contributed by atoms with E-state index in [4.69, 9.17) is 4.74 Å². The zero-order valence-electron chi connectivity index (χ0n) is 7.63. The van der Waals surface area contributed by atoms with E-state index in [1.807, 2.05) is 6.07 Å². The second-order valence-corrected chi connectivity index (χ2v) is 3.17. The van der Waals surface area contributed by atoms with Gasteiger partial charge < -0.3 is 15.2 Å². The van der Waals surface area contributed by atoms with Crippen LogP contribution in [0.4, 0.5) is 5.69 Å². The number of hydrogen-bond acceptors (Lipinski definition) is 3. The number of phenolic OH excluding ortho intramolecular Hbond substituents is 1. The Morgan fingerprint density at radius 2 is 2.31 bits per heavy atom. The summed E-state index contributed by atoms with van der Waals surface area (Å²) in [6, 6.07) is 3.56. The highest BCUT2D eigenvalue weighted by atomic mass is 16.5. The van der Waals surface area contributed by atoms with Gasteiger partial charge in [0.2, 0.25) is 0 Å². The lowest BCUT2D eigenvalue weighted by molar-refractivity contribution is 0.368. The Hall–Kier alpha value is -1.38. The predicted molar refractivity (Wildman–Crippen MR) is 51.5 cm³/mol. The molecule has 0 spiro atoms. The van der Waals surface area contributed by atoms with E-state index in [0.717, 1.165) is 30.6 Å². The van der Waals surface area contributed by atoms with Crippen molar-refractivity contribution in [1.29, 1.82) is 0 Å². The van der Waals surface area contributed by atoms with Crippen molar-refractivity contribution in [3.63, 3.8) is 0 Å². The van der Waals surface area contributed by atoms with Crippen LogP contribution < -0.4 is 10.1 Å². The SMILES string of the molecule is COc1c(O)ccc2c1CCCN2. The average Bonchev–Trinajstić information content (AvgIpc) is 2.18. The molecule has 0 saturated carbocycles. The molecular weight excluding hydrogens is 166 g/mol. The Labute approximate surface area is 77.3 Å². The summed E-state index contributed by atoms with van der Waals surface area (Å²) in [5.74, 6) is 0.842. The number of aromatic hydroxyl groups is 1. The first-order valence-electron chi connectivity index (χ1n) is 4.45. The van der Waals surface area contributed by atoms with E-state index in [-0.39, 0.29) is 5.75 Å². The largest absolute Gasteiger partial charge is 0.504 e. The Balaban J connectivity index is 2.52. The molecule has 3 nitrogen and oxygen atoms in total. The molecule has 0 unspecified atom stereocenters. The quantitative estimate of drug-likeness (QED) is 0.645. The van der Waals surface area contributed by atoms with Gasteiger partial charge in [-0.05, 0) is 25.0 Å². The molecule has 3 heteroatoms. The average molecular weight is 179 g/mol. The number of benzene rings is 1. The Bertz CT molecular complexity index is 323. The van der Waals surface area contributed by atoms with Gasteiger partial charge in [-0.25, -0.2) is 0 Å². The number of methoxy groups -OCH3 is 1. The lowest BCUT2D eigenvalue weighted by Gasteiger charge is -2.20. The first-order chi connectivity index (χ1) is 6.33. The maximum atomic E-state index is 9.51. The molecule has 0 aliphatic carbocycles. The van der Waals surface area contributed by atoms with E-state index in [1.54, 1.807) is 13.2 Å². The monoisotopic (exact) mass is 179 g/mol. The van der Waals surface area contributed by atoms with Crippen LogP contribution >= 0.6 is 0 Å². The van der Waals surface area contributed by atoms with Crippen LogP contribution in [-0.4, -0.2) is 18.8 Å². The van der Waals surface area contributed by atoms with Gasteiger partial charge in [0.15, 0.2) is 11.5 Å². The van der Waals surface area contributed by atoms with Gasteiger partial charge in [0.1, 0.15) is 0 Å². The number of fused-ring (bicyclic) bond motifs is 1. The third-order valence-corrected chi connectivity index (χ3v) is 2.36. The molecule has 1 aromatic carbocycles. The molecule has 2 N–H and O–H groups in total. The molecule has 0 amide bonds. The second-order valence-electron chi connectivity index (χ2n) is 3.17. The van der Waals surface area contributed by atoms with Crippen molar-refractivity contribution in [3.05, 3.63) is 17.7 Å². The molecule has 1 aliphatic rings. The smallest absolute Gasteiger partial charge is 0.165 e. The van der Waals surface area contributed by atoms with E-state index in [2.05, 4.69) is 5.32 Å². The fraction of sp³-hybridized carbons (Fsp3) is 0.400. The minimum atomic E-state index is 0.227. The van der Waals surface area contributed by atoms with Crippen LogP contribution in [0.1, 0.15) is 12.0 Å². The Morgan fingerprint density at radius 1 is 1.46 bits per heavy atom. The second kappa shape index (κ2) is 3.17. The van der Waals surface area contributed by atoms with Crippen LogP contribution in [0.2, 0.25) is 0 Å². The molecule has 0 fully saturated rings. The molecule has 0 radical (unpaired) electrons. The first-order valence-corrected chi connectivity index (χ1v) is 4.45. The number of nitrogens with one attached hydrogen (secondary N) is 1. The van der Waals surface area contributed by atoms with Crippen LogP contribution in [0.25, 0.3) is 0 Å². The molecule has 2 rings (SSSR count). The van der Waals surface area contributed by atoms with Gasteiger partial charge in [-0.1, -0.05) is 0 Å². The van der Waals surface area contributed by atoms with Crippen molar-refractivity contribution in [1.82, 2.24) is 0 Å². The number of rotatable bonds is 1. The van der Waals surface area contributed by atoms with Crippen molar-refractivity contribution >= 4 is 5.69 Å². The normalized spacial score (nSPS) is 14.5. The zero-order valence-corrected chi connectivity index (χ0v) is 7.63. The summed E-state index contributed by atoms with van der Waals surface area (Å²) < 4.78 is 5.15. The third-order valence-electron chi connectivity index (χ3n) is 2.36. The van der Waals surface area contributed by atoms with Gasteiger partial charge in [-0.3, -0.25) is 0 Å². The Kier molecular flexibility index (Phi) is 2.00. The van der Waals surface area contributed by atoms with Crippen molar-refractivity contribution < 1.29 is 9.84 Å². The van der Waals surface area contributed by atoms with E-state index in [1.165, 1.54) is 0 Å². The lowest BCUT2D eigenvalue weighted by atomic mass is 10.0. The number of phenols is 1. The highest BCUT2D eigenvalue weighted by molar-refractivity contribution is 5.63. The molecule has 13 heavy (non-hydrogen) atoms. The number of anilines is 1. The van der Waals surface area contributed by atoms with E-state index < -0.39 is 0 Å². The standard InChI is InChI=1S/C10H13NO2/c1-13-10-7-3-2-6-11-8(7)4-5-9(10)12/h4-5,11-12H,2-3,6H2,1H3. The van der Waals surface area contributed by atoms with Gasteiger partial charge >= 0.3 is 0 Å². The van der Waals surface area contributed by atoms with Crippen LogP contribution in [0.15, 0.2) is 12.1 Å². The molecule has 0 bridgehead atoms. The lowest BCUT2D eigenvalue weighted by Crippen LogP contribution is -2.12. The van der Waals surface area contributed by atoms with Crippen molar-refractivity contribution in [2.45, 2.75) is 12.8 Å². The fourth-order valence-electron chi connectivity index (χ4n) is 1.75. The van der Waals surface area contributed by atoms with Crippen LogP contribution in [0.5, 0.6) is 11.5 Å². The van der Waals surface area contributed by atoms with Gasteiger partial charge in [-0.15, -0.1) is 0 Å². The minimum Gasteiger partial charge on any atom is -0.504 e. The van der Waals surface area contributed by atoms with E-state index in [0.29, 0.717) is 5.75 Å². The van der Waals surface area contributed by atoms with Crippen LogP contribution in [-0.2, 0) is 6.42 Å². The maximum absolute atomic E-state index is 9.51.